The van der Waals surface area contributed by atoms with Crippen molar-refractivity contribution in [2.24, 2.45) is 11.3 Å². The third-order valence-corrected chi connectivity index (χ3v) is 4.65. The highest BCUT2D eigenvalue weighted by Crippen LogP contribution is 2.41. The summed E-state index contributed by atoms with van der Waals surface area (Å²) in [6.45, 7) is 7.69. The van der Waals surface area contributed by atoms with Crippen molar-refractivity contribution in [1.82, 2.24) is 5.32 Å². The Morgan fingerprint density at radius 2 is 2.26 bits per heavy atom. The van der Waals surface area contributed by atoms with E-state index < -0.39 is 0 Å². The molecule has 1 heterocycles. The highest BCUT2D eigenvalue weighted by molar-refractivity contribution is 5.41. The van der Waals surface area contributed by atoms with E-state index in [1.165, 1.54) is 30.4 Å². The molecule has 104 valence electrons. The summed E-state index contributed by atoms with van der Waals surface area (Å²) in [5.41, 5.74) is 3.36. The summed E-state index contributed by atoms with van der Waals surface area (Å²) in [5, 5.41) is 3.44. The van der Waals surface area contributed by atoms with Crippen LogP contribution in [-0.4, -0.2) is 13.2 Å². The van der Waals surface area contributed by atoms with Gasteiger partial charge in [-0.1, -0.05) is 26.0 Å². The first kappa shape index (κ1) is 13.0. The Morgan fingerprint density at radius 3 is 3.05 bits per heavy atom. The second-order valence-electron chi connectivity index (χ2n) is 6.90. The Balaban J connectivity index is 1.64. The predicted molar refractivity (Wildman–Crippen MR) is 78.5 cm³/mol. The summed E-state index contributed by atoms with van der Waals surface area (Å²) in [6.07, 6.45) is 5.10. The van der Waals surface area contributed by atoms with Gasteiger partial charge in [0, 0.05) is 12.1 Å². The largest absolute Gasteiger partial charge is 0.493 e. The van der Waals surface area contributed by atoms with Crippen LogP contribution in [0, 0.1) is 11.3 Å². The first-order chi connectivity index (χ1) is 9.14. The van der Waals surface area contributed by atoms with Gasteiger partial charge in [-0.05, 0) is 55.2 Å². The fourth-order valence-corrected chi connectivity index (χ4v) is 3.55. The summed E-state index contributed by atoms with van der Waals surface area (Å²) in [6, 6.07) is 6.51. The van der Waals surface area contributed by atoms with Gasteiger partial charge in [0.05, 0.1) is 6.61 Å². The van der Waals surface area contributed by atoms with Crippen LogP contribution in [0.5, 0.6) is 5.75 Å². The van der Waals surface area contributed by atoms with Gasteiger partial charge in [0.15, 0.2) is 0 Å². The monoisotopic (exact) mass is 259 g/mol. The van der Waals surface area contributed by atoms with E-state index in [9.17, 15) is 0 Å². The number of rotatable bonds is 3. The molecule has 1 fully saturated rings. The number of fused-ring (bicyclic) bond motifs is 1. The van der Waals surface area contributed by atoms with E-state index in [1.54, 1.807) is 0 Å². The van der Waals surface area contributed by atoms with Gasteiger partial charge >= 0.3 is 0 Å². The fraction of sp³-hybridized carbons (Fsp3) is 0.647. The van der Waals surface area contributed by atoms with Crippen molar-refractivity contribution in [3.05, 3.63) is 29.3 Å². The summed E-state index contributed by atoms with van der Waals surface area (Å²) in [5.74, 6) is 1.84. The standard InChI is InChI=1S/C17H25NO/c1-17(2)8-6-13(10-17)12-19-16-5-3-4-14-7-9-18-11-15(14)16/h3-5,13,18H,6-12H2,1-2H3. The van der Waals surface area contributed by atoms with Crippen LogP contribution in [0.3, 0.4) is 0 Å². The summed E-state index contributed by atoms with van der Waals surface area (Å²) >= 11 is 0. The minimum Gasteiger partial charge on any atom is -0.493 e. The Kier molecular flexibility index (Phi) is 3.53. The van der Waals surface area contributed by atoms with E-state index in [2.05, 4.69) is 37.4 Å². The molecule has 19 heavy (non-hydrogen) atoms. The first-order valence-corrected chi connectivity index (χ1v) is 7.58. The second kappa shape index (κ2) is 5.16. The molecule has 1 atom stereocenters. The Hall–Kier alpha value is -1.02. The molecular weight excluding hydrogens is 234 g/mol. The van der Waals surface area contributed by atoms with Crippen molar-refractivity contribution in [3.8, 4) is 5.75 Å². The van der Waals surface area contributed by atoms with Crippen molar-refractivity contribution in [3.63, 3.8) is 0 Å². The normalized spacial score (nSPS) is 25.1. The molecule has 0 saturated heterocycles. The van der Waals surface area contributed by atoms with Crippen LogP contribution in [0.1, 0.15) is 44.2 Å². The van der Waals surface area contributed by atoms with Crippen LogP contribution < -0.4 is 10.1 Å². The zero-order valence-corrected chi connectivity index (χ0v) is 12.2. The lowest BCUT2D eigenvalue weighted by atomic mass is 9.91. The highest BCUT2D eigenvalue weighted by atomic mass is 16.5. The molecular formula is C17H25NO. The van der Waals surface area contributed by atoms with E-state index in [-0.39, 0.29) is 0 Å². The second-order valence-corrected chi connectivity index (χ2v) is 6.90. The Bertz CT molecular complexity index is 453. The molecule has 0 spiro atoms. The lowest BCUT2D eigenvalue weighted by molar-refractivity contribution is 0.235. The van der Waals surface area contributed by atoms with Crippen molar-refractivity contribution >= 4 is 0 Å². The molecule has 0 amide bonds. The number of hydrogen-bond acceptors (Lipinski definition) is 2. The van der Waals surface area contributed by atoms with Crippen LogP contribution in [0.4, 0.5) is 0 Å². The first-order valence-electron chi connectivity index (χ1n) is 7.58. The molecule has 2 nitrogen and oxygen atoms in total. The van der Waals surface area contributed by atoms with Gasteiger partial charge in [0.1, 0.15) is 5.75 Å². The lowest BCUT2D eigenvalue weighted by Crippen LogP contribution is -2.24. The zero-order chi connectivity index (χ0) is 13.3. The van der Waals surface area contributed by atoms with Gasteiger partial charge in [0.2, 0.25) is 0 Å². The maximum absolute atomic E-state index is 6.14. The van der Waals surface area contributed by atoms with Gasteiger partial charge in [-0.3, -0.25) is 0 Å². The minimum atomic E-state index is 0.520. The van der Waals surface area contributed by atoms with E-state index in [4.69, 9.17) is 4.74 Å². The average molecular weight is 259 g/mol. The summed E-state index contributed by atoms with van der Waals surface area (Å²) in [7, 11) is 0. The molecule has 2 aliphatic rings. The molecule has 0 bridgehead atoms. The highest BCUT2D eigenvalue weighted by Gasteiger charge is 2.31. The van der Waals surface area contributed by atoms with Crippen LogP contribution in [0.15, 0.2) is 18.2 Å². The minimum absolute atomic E-state index is 0.520. The topological polar surface area (TPSA) is 21.3 Å². The molecule has 0 radical (unpaired) electrons. The number of hydrogen-bond donors (Lipinski definition) is 1. The maximum Gasteiger partial charge on any atom is 0.124 e. The summed E-state index contributed by atoms with van der Waals surface area (Å²) < 4.78 is 6.14. The smallest absolute Gasteiger partial charge is 0.124 e. The Labute approximate surface area is 116 Å². The molecule has 1 aliphatic heterocycles. The fourth-order valence-electron chi connectivity index (χ4n) is 3.55. The molecule has 1 N–H and O–H groups in total. The number of benzene rings is 1. The van der Waals surface area contributed by atoms with E-state index in [1.807, 2.05) is 0 Å². The van der Waals surface area contributed by atoms with Crippen molar-refractivity contribution in [1.29, 1.82) is 0 Å². The lowest BCUT2D eigenvalue weighted by Gasteiger charge is -2.22. The van der Waals surface area contributed by atoms with Crippen molar-refractivity contribution in [2.45, 2.75) is 46.1 Å². The van der Waals surface area contributed by atoms with Crippen molar-refractivity contribution in [2.75, 3.05) is 13.2 Å². The molecule has 1 aromatic rings. The SMILES string of the molecule is CC1(C)CCC(COc2cccc3c2CNCC3)C1. The van der Waals surface area contributed by atoms with Gasteiger partial charge in [-0.2, -0.15) is 0 Å². The van der Waals surface area contributed by atoms with Crippen LogP contribution in [0.25, 0.3) is 0 Å². The molecule has 1 unspecified atom stereocenters. The van der Waals surface area contributed by atoms with Gasteiger partial charge in [0.25, 0.3) is 0 Å². The number of ether oxygens (including phenoxy) is 1. The molecule has 3 rings (SSSR count). The third kappa shape index (κ3) is 2.94. The average Bonchev–Trinajstić information content (AvgIpc) is 2.76. The third-order valence-electron chi connectivity index (χ3n) is 4.65. The van der Waals surface area contributed by atoms with Crippen LogP contribution >= 0.6 is 0 Å². The van der Waals surface area contributed by atoms with E-state index >= 15 is 0 Å². The predicted octanol–water partition coefficient (Wildman–Crippen LogP) is 3.54. The molecule has 0 aromatic heterocycles. The molecule has 1 saturated carbocycles. The molecule has 1 aliphatic carbocycles. The van der Waals surface area contributed by atoms with E-state index in [0.29, 0.717) is 5.41 Å². The van der Waals surface area contributed by atoms with Crippen molar-refractivity contribution < 1.29 is 4.74 Å². The molecule has 1 aromatic carbocycles. The Morgan fingerprint density at radius 1 is 1.37 bits per heavy atom. The number of nitrogens with one attached hydrogen (secondary N) is 1. The quantitative estimate of drug-likeness (QED) is 0.896. The van der Waals surface area contributed by atoms with E-state index in [0.717, 1.165) is 37.8 Å². The van der Waals surface area contributed by atoms with Gasteiger partial charge in [-0.15, -0.1) is 0 Å². The summed E-state index contributed by atoms with van der Waals surface area (Å²) in [4.78, 5) is 0. The zero-order valence-electron chi connectivity index (χ0n) is 12.2. The maximum atomic E-state index is 6.14. The molecule has 2 heteroatoms. The van der Waals surface area contributed by atoms with Gasteiger partial charge in [-0.25, -0.2) is 0 Å². The van der Waals surface area contributed by atoms with Gasteiger partial charge < -0.3 is 10.1 Å². The van der Waals surface area contributed by atoms with Crippen LogP contribution in [0.2, 0.25) is 0 Å². The van der Waals surface area contributed by atoms with Crippen LogP contribution in [-0.2, 0) is 13.0 Å².